The Hall–Kier alpha value is -2.04. The summed E-state index contributed by atoms with van der Waals surface area (Å²) in [7, 11) is 0. The Morgan fingerprint density at radius 3 is 2.73 bits per heavy atom. The molecule has 0 bridgehead atoms. The number of fused-ring (bicyclic) bond motifs is 1. The van der Waals surface area contributed by atoms with Gasteiger partial charge in [0.2, 0.25) is 0 Å². The van der Waals surface area contributed by atoms with E-state index >= 15 is 0 Å². The van der Waals surface area contributed by atoms with Gasteiger partial charge in [-0.15, -0.1) is 0 Å². The van der Waals surface area contributed by atoms with E-state index in [1.807, 2.05) is 0 Å². The van der Waals surface area contributed by atoms with Crippen LogP contribution in [-0.2, 0) is 17.6 Å². The van der Waals surface area contributed by atoms with Crippen molar-refractivity contribution in [3.63, 3.8) is 0 Å². The van der Waals surface area contributed by atoms with Gasteiger partial charge in [-0.2, -0.15) is 0 Å². The summed E-state index contributed by atoms with van der Waals surface area (Å²) in [6.07, 6.45) is 4.53. The third-order valence-electron chi connectivity index (χ3n) is 4.11. The van der Waals surface area contributed by atoms with E-state index in [2.05, 4.69) is 67.3 Å². The molecule has 1 nitrogen and oxygen atoms in total. The van der Waals surface area contributed by atoms with Gasteiger partial charge < -0.3 is 4.74 Å². The number of hydrogen-bond donors (Lipinski definition) is 0. The SMILES string of the molecule is CCCCc1ccc(C#CC2OCCc3ccccc32)cc1. The summed E-state index contributed by atoms with van der Waals surface area (Å²) in [5.74, 6) is 6.55. The van der Waals surface area contributed by atoms with Gasteiger partial charge in [-0.25, -0.2) is 0 Å². The van der Waals surface area contributed by atoms with Crippen molar-refractivity contribution in [1.29, 1.82) is 0 Å². The number of ether oxygens (including phenoxy) is 1. The molecule has 3 rings (SSSR count). The molecular formula is C21H22O. The average Bonchev–Trinajstić information content (AvgIpc) is 2.59. The molecule has 1 heteroatoms. The maximum atomic E-state index is 5.83. The monoisotopic (exact) mass is 290 g/mol. The number of aryl methyl sites for hydroxylation is 1. The minimum absolute atomic E-state index is 0.0929. The average molecular weight is 290 g/mol. The third-order valence-corrected chi connectivity index (χ3v) is 4.11. The second-order valence-corrected chi connectivity index (χ2v) is 5.77. The molecule has 1 aliphatic heterocycles. The number of unbranched alkanes of at least 4 members (excludes halogenated alkanes) is 1. The van der Waals surface area contributed by atoms with Gasteiger partial charge in [0.1, 0.15) is 6.10 Å². The fraction of sp³-hybridized carbons (Fsp3) is 0.333. The van der Waals surface area contributed by atoms with E-state index in [1.165, 1.54) is 29.5 Å². The largest absolute Gasteiger partial charge is 0.360 e. The highest BCUT2D eigenvalue weighted by molar-refractivity contribution is 5.41. The fourth-order valence-electron chi connectivity index (χ4n) is 2.80. The number of benzene rings is 2. The Kier molecular flexibility index (Phi) is 4.93. The minimum Gasteiger partial charge on any atom is -0.360 e. The van der Waals surface area contributed by atoms with Gasteiger partial charge in [-0.3, -0.25) is 0 Å². The third kappa shape index (κ3) is 3.59. The second-order valence-electron chi connectivity index (χ2n) is 5.77. The highest BCUT2D eigenvalue weighted by Gasteiger charge is 2.17. The molecule has 0 radical (unpaired) electrons. The predicted octanol–water partition coefficient (Wildman–Crippen LogP) is 4.69. The van der Waals surface area contributed by atoms with Crippen molar-refractivity contribution >= 4 is 0 Å². The minimum atomic E-state index is -0.0929. The van der Waals surface area contributed by atoms with Crippen LogP contribution in [0.15, 0.2) is 48.5 Å². The molecular weight excluding hydrogens is 268 g/mol. The maximum Gasteiger partial charge on any atom is 0.144 e. The normalized spacial score (nSPS) is 16.5. The van der Waals surface area contributed by atoms with E-state index < -0.39 is 0 Å². The first-order valence-electron chi connectivity index (χ1n) is 8.16. The lowest BCUT2D eigenvalue weighted by Gasteiger charge is -2.21. The van der Waals surface area contributed by atoms with Crippen molar-refractivity contribution < 1.29 is 4.74 Å². The van der Waals surface area contributed by atoms with Crippen molar-refractivity contribution in [2.75, 3.05) is 6.61 Å². The van der Waals surface area contributed by atoms with Gasteiger partial charge in [0.05, 0.1) is 6.61 Å². The molecule has 0 spiro atoms. The molecule has 22 heavy (non-hydrogen) atoms. The van der Waals surface area contributed by atoms with E-state index in [0.717, 1.165) is 25.0 Å². The van der Waals surface area contributed by atoms with Crippen LogP contribution in [0.5, 0.6) is 0 Å². The molecule has 112 valence electrons. The smallest absolute Gasteiger partial charge is 0.144 e. The lowest BCUT2D eigenvalue weighted by molar-refractivity contribution is 0.0814. The van der Waals surface area contributed by atoms with Crippen LogP contribution in [0.3, 0.4) is 0 Å². The van der Waals surface area contributed by atoms with E-state index in [-0.39, 0.29) is 6.10 Å². The maximum absolute atomic E-state index is 5.83. The number of hydrogen-bond acceptors (Lipinski definition) is 1. The molecule has 1 heterocycles. The zero-order valence-corrected chi connectivity index (χ0v) is 13.1. The Labute approximate surface area is 133 Å². The van der Waals surface area contributed by atoms with E-state index in [1.54, 1.807) is 0 Å². The van der Waals surface area contributed by atoms with Crippen LogP contribution in [0, 0.1) is 11.8 Å². The van der Waals surface area contributed by atoms with Gasteiger partial charge in [0.25, 0.3) is 0 Å². The zero-order valence-electron chi connectivity index (χ0n) is 13.1. The Bertz CT molecular complexity index is 673. The molecule has 1 unspecified atom stereocenters. The highest BCUT2D eigenvalue weighted by Crippen LogP contribution is 2.26. The van der Waals surface area contributed by atoms with Gasteiger partial charge >= 0.3 is 0 Å². The van der Waals surface area contributed by atoms with Crippen molar-refractivity contribution in [3.05, 3.63) is 70.8 Å². The molecule has 0 saturated carbocycles. The summed E-state index contributed by atoms with van der Waals surface area (Å²) in [6, 6.07) is 17.1. The summed E-state index contributed by atoms with van der Waals surface area (Å²) in [4.78, 5) is 0. The molecule has 2 aromatic carbocycles. The van der Waals surface area contributed by atoms with Crippen molar-refractivity contribution in [2.24, 2.45) is 0 Å². The first-order chi connectivity index (χ1) is 10.9. The molecule has 1 atom stereocenters. The topological polar surface area (TPSA) is 9.23 Å². The lowest BCUT2D eigenvalue weighted by Crippen LogP contribution is -2.14. The molecule has 0 saturated heterocycles. The van der Waals surface area contributed by atoms with E-state index in [9.17, 15) is 0 Å². The molecule has 0 N–H and O–H groups in total. The molecule has 0 fully saturated rings. The summed E-state index contributed by atoms with van der Waals surface area (Å²) >= 11 is 0. The Morgan fingerprint density at radius 1 is 1.09 bits per heavy atom. The second kappa shape index (κ2) is 7.29. The molecule has 2 aromatic rings. The van der Waals surface area contributed by atoms with Crippen LogP contribution in [0.2, 0.25) is 0 Å². The quantitative estimate of drug-likeness (QED) is 0.745. The van der Waals surface area contributed by atoms with Crippen LogP contribution < -0.4 is 0 Å². The van der Waals surface area contributed by atoms with Crippen LogP contribution in [0.1, 0.15) is 48.1 Å². The van der Waals surface area contributed by atoms with Crippen molar-refractivity contribution in [1.82, 2.24) is 0 Å². The number of rotatable bonds is 3. The summed E-state index contributed by atoms with van der Waals surface area (Å²) < 4.78 is 5.83. The van der Waals surface area contributed by atoms with E-state index in [0.29, 0.717) is 0 Å². The van der Waals surface area contributed by atoms with Crippen molar-refractivity contribution in [3.8, 4) is 11.8 Å². The first-order valence-corrected chi connectivity index (χ1v) is 8.16. The Morgan fingerprint density at radius 2 is 1.91 bits per heavy atom. The van der Waals surface area contributed by atoms with E-state index in [4.69, 9.17) is 4.74 Å². The van der Waals surface area contributed by atoms with Crippen molar-refractivity contribution in [2.45, 2.75) is 38.7 Å². The standard InChI is InChI=1S/C21H22O/c1-2-3-6-17-9-11-18(12-10-17)13-14-21-20-8-5-4-7-19(20)15-16-22-21/h4-5,7-12,21H,2-3,6,15-16H2,1H3. The highest BCUT2D eigenvalue weighted by atomic mass is 16.5. The zero-order chi connectivity index (χ0) is 15.2. The predicted molar refractivity (Wildman–Crippen MR) is 90.8 cm³/mol. The van der Waals surface area contributed by atoms with Crippen LogP contribution in [-0.4, -0.2) is 6.61 Å². The summed E-state index contributed by atoms with van der Waals surface area (Å²) in [5.41, 5.74) is 5.04. The van der Waals surface area contributed by atoms with Crippen LogP contribution in [0.25, 0.3) is 0 Å². The molecule has 0 aromatic heterocycles. The molecule has 0 amide bonds. The van der Waals surface area contributed by atoms with Gasteiger partial charge in [0, 0.05) is 5.56 Å². The van der Waals surface area contributed by atoms with Crippen LogP contribution in [0.4, 0.5) is 0 Å². The van der Waals surface area contributed by atoms with Gasteiger partial charge in [0.15, 0.2) is 0 Å². The Balaban J connectivity index is 1.73. The van der Waals surface area contributed by atoms with Gasteiger partial charge in [-0.05, 0) is 48.1 Å². The summed E-state index contributed by atoms with van der Waals surface area (Å²) in [6.45, 7) is 2.98. The molecule has 1 aliphatic rings. The fourth-order valence-corrected chi connectivity index (χ4v) is 2.80. The summed E-state index contributed by atoms with van der Waals surface area (Å²) in [5, 5.41) is 0. The first kappa shape index (κ1) is 14.9. The van der Waals surface area contributed by atoms with Gasteiger partial charge in [-0.1, -0.05) is 61.6 Å². The molecule has 0 aliphatic carbocycles. The lowest BCUT2D eigenvalue weighted by atomic mass is 9.97. The van der Waals surface area contributed by atoms with Crippen LogP contribution >= 0.6 is 0 Å².